The summed E-state index contributed by atoms with van der Waals surface area (Å²) in [6.07, 6.45) is 6.21. The Morgan fingerprint density at radius 2 is 2.13 bits per heavy atom. The maximum Gasteiger partial charge on any atom is 0.135 e. The highest BCUT2D eigenvalue weighted by atomic mass is 16.1. The predicted octanol–water partition coefficient (Wildman–Crippen LogP) is 0.627. The van der Waals surface area contributed by atoms with E-state index in [9.17, 15) is 4.79 Å². The fourth-order valence-corrected chi connectivity index (χ4v) is 1.92. The zero-order valence-corrected chi connectivity index (χ0v) is 9.15. The van der Waals surface area contributed by atoms with E-state index in [0.29, 0.717) is 5.78 Å². The molecule has 0 spiro atoms. The number of likely N-dealkylation sites (tertiary alicyclic amines) is 1. The highest BCUT2D eigenvalue weighted by Crippen LogP contribution is 2.06. The summed E-state index contributed by atoms with van der Waals surface area (Å²) in [5, 5.41) is 0. The van der Waals surface area contributed by atoms with Crippen molar-refractivity contribution in [3.8, 4) is 0 Å². The topological polar surface area (TPSA) is 38.1 Å². The molecule has 4 heteroatoms. The average molecular weight is 207 g/mol. The Morgan fingerprint density at radius 3 is 2.73 bits per heavy atom. The number of nitrogens with zero attached hydrogens (tertiary/aromatic N) is 3. The maximum absolute atomic E-state index is 11.1. The Balaban J connectivity index is 1.79. The first-order valence-corrected chi connectivity index (χ1v) is 5.46. The van der Waals surface area contributed by atoms with Gasteiger partial charge in [-0.25, -0.2) is 4.98 Å². The van der Waals surface area contributed by atoms with Crippen LogP contribution in [0.5, 0.6) is 0 Å². The Hall–Kier alpha value is -1.16. The van der Waals surface area contributed by atoms with Gasteiger partial charge in [0.15, 0.2) is 0 Å². The number of hydrogen-bond acceptors (Lipinski definition) is 3. The summed E-state index contributed by atoms with van der Waals surface area (Å²) in [7, 11) is 2.02. The van der Waals surface area contributed by atoms with Gasteiger partial charge < -0.3 is 9.47 Å². The average Bonchev–Trinajstić information content (AvgIpc) is 2.63. The Labute approximate surface area is 89.9 Å². The molecule has 2 heterocycles. The van der Waals surface area contributed by atoms with Crippen LogP contribution in [0.15, 0.2) is 12.4 Å². The van der Waals surface area contributed by atoms with Crippen molar-refractivity contribution in [3.63, 3.8) is 0 Å². The number of Topliss-reactive ketones (excluding diaryl/α,β-unsaturated/α-hetero) is 1. The molecular weight excluding hydrogens is 190 g/mol. The Kier molecular flexibility index (Phi) is 3.16. The van der Waals surface area contributed by atoms with Gasteiger partial charge in [-0.1, -0.05) is 0 Å². The van der Waals surface area contributed by atoms with E-state index >= 15 is 0 Å². The number of carbonyl (C=O) groups is 1. The van der Waals surface area contributed by atoms with E-state index in [1.807, 2.05) is 19.4 Å². The first-order valence-electron chi connectivity index (χ1n) is 5.46. The monoisotopic (exact) mass is 207 g/mol. The van der Waals surface area contributed by atoms with Crippen molar-refractivity contribution in [1.29, 1.82) is 0 Å². The van der Waals surface area contributed by atoms with Gasteiger partial charge in [0, 0.05) is 58.3 Å². The third kappa shape index (κ3) is 2.65. The summed E-state index contributed by atoms with van der Waals surface area (Å²) in [6.45, 7) is 2.85. The van der Waals surface area contributed by atoms with Gasteiger partial charge in [-0.3, -0.25) is 4.79 Å². The number of piperidine rings is 1. The third-order valence-electron chi connectivity index (χ3n) is 2.99. The molecule has 1 aromatic heterocycles. The largest absolute Gasteiger partial charge is 0.338 e. The summed E-state index contributed by atoms with van der Waals surface area (Å²) in [5.74, 6) is 1.52. The zero-order valence-electron chi connectivity index (χ0n) is 9.15. The van der Waals surface area contributed by atoms with Gasteiger partial charge in [0.25, 0.3) is 0 Å². The van der Waals surface area contributed by atoms with Crippen molar-refractivity contribution in [2.75, 3.05) is 19.6 Å². The van der Waals surface area contributed by atoms with Gasteiger partial charge in [0.05, 0.1) is 0 Å². The van der Waals surface area contributed by atoms with Gasteiger partial charge in [-0.15, -0.1) is 0 Å². The van der Waals surface area contributed by atoms with E-state index in [0.717, 1.165) is 44.7 Å². The number of rotatable bonds is 3. The van der Waals surface area contributed by atoms with Gasteiger partial charge in [0.2, 0.25) is 0 Å². The third-order valence-corrected chi connectivity index (χ3v) is 2.99. The van der Waals surface area contributed by atoms with Crippen molar-refractivity contribution in [1.82, 2.24) is 14.5 Å². The molecule has 0 bridgehead atoms. The molecule has 0 unspecified atom stereocenters. The Morgan fingerprint density at radius 1 is 1.40 bits per heavy atom. The van der Waals surface area contributed by atoms with Crippen molar-refractivity contribution >= 4 is 5.78 Å². The first-order chi connectivity index (χ1) is 7.25. The lowest BCUT2D eigenvalue weighted by molar-refractivity contribution is -0.121. The second kappa shape index (κ2) is 4.57. The molecule has 0 aliphatic carbocycles. The number of carbonyl (C=O) groups excluding carboxylic acids is 1. The summed E-state index contributed by atoms with van der Waals surface area (Å²) in [5.41, 5.74) is 0. The van der Waals surface area contributed by atoms with Crippen LogP contribution in [0, 0.1) is 0 Å². The molecule has 0 aromatic carbocycles. The molecule has 1 aromatic rings. The predicted molar refractivity (Wildman–Crippen MR) is 57.6 cm³/mol. The minimum atomic E-state index is 0.406. The molecule has 4 nitrogen and oxygen atoms in total. The lowest BCUT2D eigenvalue weighted by Gasteiger charge is -2.25. The van der Waals surface area contributed by atoms with Gasteiger partial charge in [-0.05, 0) is 0 Å². The van der Waals surface area contributed by atoms with Crippen LogP contribution in [-0.4, -0.2) is 39.9 Å². The lowest BCUT2D eigenvalue weighted by Crippen LogP contribution is -2.35. The molecule has 0 atom stereocenters. The number of hydrogen-bond donors (Lipinski definition) is 0. The van der Waals surface area contributed by atoms with Crippen LogP contribution in [0.3, 0.4) is 0 Å². The van der Waals surface area contributed by atoms with E-state index in [1.54, 1.807) is 0 Å². The van der Waals surface area contributed by atoms with E-state index in [4.69, 9.17) is 0 Å². The smallest absolute Gasteiger partial charge is 0.135 e. The molecule has 0 radical (unpaired) electrons. The van der Waals surface area contributed by atoms with Crippen LogP contribution in [-0.2, 0) is 18.3 Å². The quantitative estimate of drug-likeness (QED) is 0.729. The van der Waals surface area contributed by atoms with E-state index < -0.39 is 0 Å². The number of imidazole rings is 1. The van der Waals surface area contributed by atoms with Crippen molar-refractivity contribution < 1.29 is 4.79 Å². The fraction of sp³-hybridized carbons (Fsp3) is 0.636. The number of aryl methyl sites for hydroxylation is 1. The molecule has 1 fully saturated rings. The standard InChI is InChI=1S/C11H17N3O/c1-13-9-5-12-11(13)4-8-14-6-2-10(15)3-7-14/h5,9H,2-4,6-8H2,1H3. The van der Waals surface area contributed by atoms with Gasteiger partial charge in [0.1, 0.15) is 11.6 Å². The van der Waals surface area contributed by atoms with Crippen molar-refractivity contribution in [3.05, 3.63) is 18.2 Å². The molecule has 15 heavy (non-hydrogen) atoms. The van der Waals surface area contributed by atoms with Crippen LogP contribution in [0.2, 0.25) is 0 Å². The summed E-state index contributed by atoms with van der Waals surface area (Å²) in [6, 6.07) is 0. The second-order valence-electron chi connectivity index (χ2n) is 4.08. The number of aromatic nitrogens is 2. The highest BCUT2D eigenvalue weighted by Gasteiger charge is 2.15. The highest BCUT2D eigenvalue weighted by molar-refractivity contribution is 5.79. The summed E-state index contributed by atoms with van der Waals surface area (Å²) >= 11 is 0. The van der Waals surface area contributed by atoms with Crippen LogP contribution >= 0.6 is 0 Å². The molecule has 82 valence electrons. The second-order valence-corrected chi connectivity index (χ2v) is 4.08. The molecule has 0 N–H and O–H groups in total. The Bertz CT molecular complexity index is 335. The normalized spacial score (nSPS) is 18.3. The van der Waals surface area contributed by atoms with Crippen LogP contribution < -0.4 is 0 Å². The maximum atomic E-state index is 11.1. The molecule has 1 aliphatic rings. The van der Waals surface area contributed by atoms with E-state index in [1.165, 1.54) is 0 Å². The summed E-state index contributed by atoms with van der Waals surface area (Å²) < 4.78 is 2.05. The molecular formula is C11H17N3O. The van der Waals surface area contributed by atoms with Crippen LogP contribution in [0.25, 0.3) is 0 Å². The molecule has 0 amide bonds. The minimum Gasteiger partial charge on any atom is -0.338 e. The van der Waals surface area contributed by atoms with Crippen LogP contribution in [0.1, 0.15) is 18.7 Å². The van der Waals surface area contributed by atoms with E-state index in [-0.39, 0.29) is 0 Å². The first kappa shape index (κ1) is 10.4. The van der Waals surface area contributed by atoms with Crippen LogP contribution in [0.4, 0.5) is 0 Å². The lowest BCUT2D eigenvalue weighted by atomic mass is 10.1. The van der Waals surface area contributed by atoms with Crippen molar-refractivity contribution in [2.24, 2.45) is 7.05 Å². The molecule has 1 saturated heterocycles. The van der Waals surface area contributed by atoms with E-state index in [2.05, 4.69) is 14.5 Å². The molecule has 2 rings (SSSR count). The summed E-state index contributed by atoms with van der Waals surface area (Å²) in [4.78, 5) is 17.7. The molecule has 0 saturated carbocycles. The van der Waals surface area contributed by atoms with Gasteiger partial charge >= 0.3 is 0 Å². The SMILES string of the molecule is Cn1ccnc1CCN1CCC(=O)CC1. The molecule has 1 aliphatic heterocycles. The van der Waals surface area contributed by atoms with Crippen molar-refractivity contribution in [2.45, 2.75) is 19.3 Å². The van der Waals surface area contributed by atoms with Gasteiger partial charge in [-0.2, -0.15) is 0 Å². The zero-order chi connectivity index (χ0) is 10.7. The minimum absolute atomic E-state index is 0.406. The number of ketones is 1. The fourth-order valence-electron chi connectivity index (χ4n) is 1.92.